The number of fused-ring (bicyclic) bond motifs is 1. The maximum atomic E-state index is 11.5. The third-order valence-electron chi connectivity index (χ3n) is 2.31. The Morgan fingerprint density at radius 2 is 2.25 bits per heavy atom. The summed E-state index contributed by atoms with van der Waals surface area (Å²) in [4.78, 5) is 11.5. The third kappa shape index (κ3) is 1.05. The van der Waals surface area contributed by atoms with Crippen molar-refractivity contribution in [2.45, 2.75) is 13.3 Å². The van der Waals surface area contributed by atoms with E-state index in [1.165, 1.54) is 0 Å². The van der Waals surface area contributed by atoms with Gasteiger partial charge in [-0.25, -0.2) is 0 Å². The van der Waals surface area contributed by atoms with Gasteiger partial charge in [-0.05, 0) is 30.2 Å². The van der Waals surface area contributed by atoms with Crippen LogP contribution in [0.4, 0.5) is 0 Å². The molecular formula is C10H9ClO. The van der Waals surface area contributed by atoms with Crippen molar-refractivity contribution in [3.8, 4) is 0 Å². The summed E-state index contributed by atoms with van der Waals surface area (Å²) < 4.78 is 0. The minimum atomic E-state index is 0.137. The predicted molar refractivity (Wildman–Crippen MR) is 48.7 cm³/mol. The van der Waals surface area contributed by atoms with Gasteiger partial charge in [0.2, 0.25) is 0 Å². The molecule has 2 heteroatoms. The summed E-state index contributed by atoms with van der Waals surface area (Å²) in [7, 11) is 0. The molecule has 1 aromatic carbocycles. The summed E-state index contributed by atoms with van der Waals surface area (Å²) in [5, 5.41) is 0.718. The monoisotopic (exact) mass is 180 g/mol. The average molecular weight is 181 g/mol. The molecule has 0 bridgehead atoms. The Balaban J connectivity index is 2.54. The van der Waals surface area contributed by atoms with Crippen LogP contribution in [0.1, 0.15) is 22.8 Å². The molecule has 0 aromatic heterocycles. The van der Waals surface area contributed by atoms with E-state index in [4.69, 9.17) is 11.6 Å². The minimum Gasteiger partial charge on any atom is -0.294 e. The van der Waals surface area contributed by atoms with Gasteiger partial charge in [-0.2, -0.15) is 0 Å². The topological polar surface area (TPSA) is 17.1 Å². The van der Waals surface area contributed by atoms with Crippen LogP contribution in [-0.4, -0.2) is 5.78 Å². The van der Waals surface area contributed by atoms with Crippen molar-refractivity contribution < 1.29 is 4.79 Å². The number of carbonyl (C=O) groups is 1. The molecule has 0 heterocycles. The number of halogens is 1. The smallest absolute Gasteiger partial charge is 0.166 e. The van der Waals surface area contributed by atoms with Crippen molar-refractivity contribution in [3.63, 3.8) is 0 Å². The molecule has 1 nitrogen and oxygen atoms in total. The number of hydrogen-bond donors (Lipinski definition) is 0. The van der Waals surface area contributed by atoms with Crippen molar-refractivity contribution in [2.24, 2.45) is 5.92 Å². The predicted octanol–water partition coefficient (Wildman–Crippen LogP) is 2.71. The van der Waals surface area contributed by atoms with Crippen LogP contribution in [-0.2, 0) is 6.42 Å². The van der Waals surface area contributed by atoms with Crippen molar-refractivity contribution in [1.82, 2.24) is 0 Å². The molecule has 0 N–H and O–H groups in total. The van der Waals surface area contributed by atoms with Crippen LogP contribution in [0.3, 0.4) is 0 Å². The van der Waals surface area contributed by atoms with E-state index in [1.807, 2.05) is 19.1 Å². The van der Waals surface area contributed by atoms with Crippen molar-refractivity contribution in [1.29, 1.82) is 0 Å². The first kappa shape index (κ1) is 7.81. The lowest BCUT2D eigenvalue weighted by Crippen LogP contribution is -2.02. The molecule has 0 aliphatic heterocycles. The van der Waals surface area contributed by atoms with E-state index >= 15 is 0 Å². The van der Waals surface area contributed by atoms with Crippen molar-refractivity contribution in [3.05, 3.63) is 34.3 Å². The van der Waals surface area contributed by atoms with Crippen molar-refractivity contribution >= 4 is 17.4 Å². The van der Waals surface area contributed by atoms with E-state index in [-0.39, 0.29) is 11.7 Å². The van der Waals surface area contributed by atoms with Crippen LogP contribution in [0.2, 0.25) is 5.02 Å². The molecular weight excluding hydrogens is 172 g/mol. The molecule has 1 aliphatic rings. The summed E-state index contributed by atoms with van der Waals surface area (Å²) in [6, 6.07) is 5.48. The fourth-order valence-corrected chi connectivity index (χ4v) is 1.85. The van der Waals surface area contributed by atoms with Gasteiger partial charge in [0.25, 0.3) is 0 Å². The summed E-state index contributed by atoms with van der Waals surface area (Å²) in [6.07, 6.45) is 0.842. The fraction of sp³-hybridized carbons (Fsp3) is 0.300. The second kappa shape index (κ2) is 2.60. The Kier molecular flexibility index (Phi) is 1.69. The summed E-state index contributed by atoms with van der Waals surface area (Å²) in [5.41, 5.74) is 1.95. The number of Topliss-reactive ketones (excluding diaryl/α,β-unsaturated/α-hetero) is 1. The third-order valence-corrected chi connectivity index (χ3v) is 2.54. The van der Waals surface area contributed by atoms with Gasteiger partial charge in [-0.3, -0.25) is 4.79 Å². The molecule has 1 aliphatic carbocycles. The van der Waals surface area contributed by atoms with E-state index < -0.39 is 0 Å². The van der Waals surface area contributed by atoms with E-state index in [0.717, 1.165) is 22.6 Å². The highest BCUT2D eigenvalue weighted by molar-refractivity contribution is 6.30. The summed E-state index contributed by atoms with van der Waals surface area (Å²) >= 11 is 5.81. The number of carbonyl (C=O) groups excluding carboxylic acids is 1. The second-order valence-electron chi connectivity index (χ2n) is 3.27. The molecule has 0 unspecified atom stereocenters. The van der Waals surface area contributed by atoms with Gasteiger partial charge in [0.15, 0.2) is 5.78 Å². The van der Waals surface area contributed by atoms with E-state index in [1.54, 1.807) is 6.07 Å². The summed E-state index contributed by atoms with van der Waals surface area (Å²) in [5.74, 6) is 0.389. The number of ketones is 1. The Labute approximate surface area is 76.4 Å². The Bertz CT molecular complexity index is 344. The first-order chi connectivity index (χ1) is 5.68. The number of hydrogen-bond acceptors (Lipinski definition) is 1. The van der Waals surface area contributed by atoms with Gasteiger partial charge >= 0.3 is 0 Å². The van der Waals surface area contributed by atoms with Gasteiger partial charge in [0.1, 0.15) is 0 Å². The Morgan fingerprint density at radius 3 is 3.00 bits per heavy atom. The standard InChI is InChI=1S/C10H9ClO/c1-6-4-7-5-8(11)2-3-9(7)10(6)12/h2-3,5-6H,4H2,1H3/t6-/m1/s1. The Morgan fingerprint density at radius 1 is 1.50 bits per heavy atom. The zero-order chi connectivity index (χ0) is 8.72. The minimum absolute atomic E-state index is 0.137. The van der Waals surface area contributed by atoms with Gasteiger partial charge in [-0.15, -0.1) is 0 Å². The fourth-order valence-electron chi connectivity index (χ4n) is 1.66. The maximum absolute atomic E-state index is 11.5. The molecule has 1 aromatic rings. The molecule has 0 fully saturated rings. The first-order valence-corrected chi connectivity index (χ1v) is 4.39. The number of rotatable bonds is 0. The highest BCUT2D eigenvalue weighted by Crippen LogP contribution is 2.28. The lowest BCUT2D eigenvalue weighted by Gasteiger charge is -1.95. The molecule has 0 radical (unpaired) electrons. The van der Waals surface area contributed by atoms with Gasteiger partial charge in [0.05, 0.1) is 0 Å². The maximum Gasteiger partial charge on any atom is 0.166 e. The Hall–Kier alpha value is -0.820. The van der Waals surface area contributed by atoms with E-state index in [0.29, 0.717) is 0 Å². The van der Waals surface area contributed by atoms with Gasteiger partial charge in [0, 0.05) is 16.5 Å². The largest absolute Gasteiger partial charge is 0.294 e. The average Bonchev–Trinajstić information content (AvgIpc) is 2.28. The molecule has 0 saturated carbocycles. The van der Waals surface area contributed by atoms with Crippen LogP contribution in [0, 0.1) is 5.92 Å². The highest BCUT2D eigenvalue weighted by atomic mass is 35.5. The van der Waals surface area contributed by atoms with E-state index in [2.05, 4.69) is 0 Å². The quantitative estimate of drug-likeness (QED) is 0.600. The van der Waals surface area contributed by atoms with Crippen LogP contribution in [0.5, 0.6) is 0 Å². The summed E-state index contributed by atoms with van der Waals surface area (Å²) in [6.45, 7) is 1.95. The van der Waals surface area contributed by atoms with Crippen molar-refractivity contribution in [2.75, 3.05) is 0 Å². The zero-order valence-electron chi connectivity index (χ0n) is 6.80. The normalized spacial score (nSPS) is 21.2. The zero-order valence-corrected chi connectivity index (χ0v) is 7.56. The second-order valence-corrected chi connectivity index (χ2v) is 3.71. The lowest BCUT2D eigenvalue weighted by atomic mass is 10.1. The number of benzene rings is 1. The molecule has 12 heavy (non-hydrogen) atoms. The lowest BCUT2D eigenvalue weighted by molar-refractivity contribution is 0.0946. The SMILES string of the molecule is C[C@@H]1Cc2cc(Cl)ccc2C1=O. The van der Waals surface area contributed by atoms with Gasteiger partial charge in [-0.1, -0.05) is 18.5 Å². The van der Waals surface area contributed by atoms with Crippen LogP contribution >= 0.6 is 11.6 Å². The highest BCUT2D eigenvalue weighted by Gasteiger charge is 2.26. The van der Waals surface area contributed by atoms with Crippen LogP contribution < -0.4 is 0 Å². The first-order valence-electron chi connectivity index (χ1n) is 4.01. The molecule has 0 amide bonds. The van der Waals surface area contributed by atoms with E-state index in [9.17, 15) is 4.79 Å². The molecule has 1 atom stereocenters. The van der Waals surface area contributed by atoms with Gasteiger partial charge < -0.3 is 0 Å². The molecule has 62 valence electrons. The van der Waals surface area contributed by atoms with Crippen LogP contribution in [0.15, 0.2) is 18.2 Å². The molecule has 2 rings (SSSR count). The van der Waals surface area contributed by atoms with Crippen LogP contribution in [0.25, 0.3) is 0 Å². The molecule has 0 spiro atoms. The molecule has 0 saturated heterocycles.